The lowest BCUT2D eigenvalue weighted by atomic mass is 10.0. The number of carbonyl (C=O) groups is 2. The molecule has 1 heterocycles. The van der Waals surface area contributed by atoms with Gasteiger partial charge in [0.05, 0.1) is 16.6 Å². The second-order valence-corrected chi connectivity index (χ2v) is 9.40. The number of amides is 1. The van der Waals surface area contributed by atoms with Gasteiger partial charge in [-0.15, -0.1) is 0 Å². The number of hydroxylamine groups is 1. The molecule has 1 amide bonds. The average molecular weight is 453 g/mol. The maximum atomic E-state index is 13.2. The number of sulfone groups is 1. The fourth-order valence-corrected chi connectivity index (χ4v) is 5.33. The van der Waals surface area contributed by atoms with Gasteiger partial charge in [0.15, 0.2) is 15.6 Å². The Balaban J connectivity index is 1.81. The third-order valence-electron chi connectivity index (χ3n) is 5.17. The largest absolute Gasteiger partial charge is 0.289 e. The highest BCUT2D eigenvalue weighted by Crippen LogP contribution is 2.24. The van der Waals surface area contributed by atoms with E-state index in [1.165, 1.54) is 42.7 Å². The first-order valence-electron chi connectivity index (χ1n) is 10.2. The van der Waals surface area contributed by atoms with Crippen LogP contribution in [0.2, 0.25) is 0 Å². The SMILES string of the molecule is O=C(c1ccncc1)c1ccccc1S(=O)(=O)CC(CCCc1ccccc1)C(=O)NO. The first-order valence-corrected chi connectivity index (χ1v) is 11.8. The summed E-state index contributed by atoms with van der Waals surface area (Å²) in [7, 11) is -4.00. The van der Waals surface area contributed by atoms with Gasteiger partial charge in [0.25, 0.3) is 0 Å². The summed E-state index contributed by atoms with van der Waals surface area (Å²) in [5.41, 5.74) is 3.00. The van der Waals surface area contributed by atoms with E-state index in [9.17, 15) is 18.0 Å². The minimum absolute atomic E-state index is 0.0335. The van der Waals surface area contributed by atoms with Crippen LogP contribution in [0, 0.1) is 5.92 Å². The Morgan fingerprint density at radius 3 is 2.28 bits per heavy atom. The molecule has 0 aliphatic carbocycles. The Morgan fingerprint density at radius 1 is 0.938 bits per heavy atom. The summed E-state index contributed by atoms with van der Waals surface area (Å²) in [5.74, 6) is -2.69. The van der Waals surface area contributed by atoms with Gasteiger partial charge in [-0.05, 0) is 49.1 Å². The lowest BCUT2D eigenvalue weighted by Crippen LogP contribution is -2.33. The summed E-state index contributed by atoms with van der Waals surface area (Å²) in [6.07, 6.45) is 4.42. The zero-order chi connectivity index (χ0) is 23.0. The Bertz CT molecular complexity index is 1170. The van der Waals surface area contributed by atoms with E-state index in [-0.39, 0.29) is 16.9 Å². The third-order valence-corrected chi connectivity index (χ3v) is 7.04. The molecule has 0 aliphatic rings. The molecule has 0 bridgehead atoms. The van der Waals surface area contributed by atoms with Gasteiger partial charge in [0.2, 0.25) is 5.91 Å². The molecule has 0 radical (unpaired) electrons. The van der Waals surface area contributed by atoms with Crippen molar-refractivity contribution in [1.82, 2.24) is 10.5 Å². The van der Waals surface area contributed by atoms with Crippen molar-refractivity contribution in [3.8, 4) is 0 Å². The molecule has 1 unspecified atom stereocenters. The van der Waals surface area contributed by atoms with Crippen molar-refractivity contribution in [1.29, 1.82) is 0 Å². The molecule has 2 N–H and O–H groups in total. The Labute approximate surface area is 187 Å². The topological polar surface area (TPSA) is 113 Å². The minimum Gasteiger partial charge on any atom is -0.289 e. The molecule has 7 nitrogen and oxygen atoms in total. The number of aromatic nitrogens is 1. The zero-order valence-electron chi connectivity index (χ0n) is 17.3. The summed E-state index contributed by atoms with van der Waals surface area (Å²) in [5, 5.41) is 9.13. The van der Waals surface area contributed by atoms with Crippen molar-refractivity contribution in [2.45, 2.75) is 24.2 Å². The fraction of sp³-hybridized carbons (Fsp3) is 0.208. The molecule has 0 fully saturated rings. The first-order chi connectivity index (χ1) is 15.4. The van der Waals surface area contributed by atoms with E-state index >= 15 is 0 Å². The molecule has 2 aromatic carbocycles. The van der Waals surface area contributed by atoms with E-state index in [1.807, 2.05) is 30.3 Å². The van der Waals surface area contributed by atoms with Crippen LogP contribution in [0.3, 0.4) is 0 Å². The van der Waals surface area contributed by atoms with Crippen LogP contribution >= 0.6 is 0 Å². The van der Waals surface area contributed by atoms with Gasteiger partial charge in [-0.3, -0.25) is 19.8 Å². The third kappa shape index (κ3) is 5.87. The number of aryl methyl sites for hydroxylation is 1. The number of pyridine rings is 1. The molecule has 0 saturated carbocycles. The van der Waals surface area contributed by atoms with E-state index in [0.29, 0.717) is 18.4 Å². The number of benzene rings is 2. The second kappa shape index (κ2) is 10.8. The van der Waals surface area contributed by atoms with Crippen molar-refractivity contribution in [2.24, 2.45) is 5.92 Å². The van der Waals surface area contributed by atoms with E-state index in [1.54, 1.807) is 11.5 Å². The Morgan fingerprint density at radius 2 is 1.59 bits per heavy atom. The second-order valence-electron chi connectivity index (χ2n) is 7.39. The molecule has 1 atom stereocenters. The van der Waals surface area contributed by atoms with Crippen molar-refractivity contribution < 1.29 is 23.2 Å². The first kappa shape index (κ1) is 23.3. The van der Waals surface area contributed by atoms with Crippen LogP contribution in [-0.2, 0) is 21.1 Å². The predicted octanol–water partition coefficient (Wildman–Crippen LogP) is 3.23. The summed E-state index contributed by atoms with van der Waals surface area (Å²) in [6.45, 7) is 0. The molecule has 0 aliphatic heterocycles. The highest BCUT2D eigenvalue weighted by Gasteiger charge is 2.29. The number of carbonyl (C=O) groups excluding carboxylic acids is 2. The van der Waals surface area contributed by atoms with Gasteiger partial charge >= 0.3 is 0 Å². The quantitative estimate of drug-likeness (QED) is 0.277. The van der Waals surface area contributed by atoms with E-state index in [0.717, 1.165) is 5.56 Å². The molecule has 32 heavy (non-hydrogen) atoms. The highest BCUT2D eigenvalue weighted by atomic mass is 32.2. The summed E-state index contributed by atoms with van der Waals surface area (Å²) in [6, 6.07) is 18.6. The van der Waals surface area contributed by atoms with Crippen molar-refractivity contribution in [2.75, 3.05) is 5.75 Å². The maximum absolute atomic E-state index is 13.2. The van der Waals surface area contributed by atoms with E-state index < -0.39 is 33.2 Å². The molecule has 0 spiro atoms. The number of nitrogens with zero attached hydrogens (tertiary/aromatic N) is 1. The zero-order valence-corrected chi connectivity index (χ0v) is 18.2. The standard InChI is InChI=1S/C24H24N2O5S/c27-23(19-13-15-25-16-14-19)21-11-4-5-12-22(21)32(30,31)17-20(24(28)26-29)10-6-9-18-7-2-1-3-8-18/h1-5,7-8,11-16,20,29H,6,9-10,17H2,(H,26,28). The molecule has 166 valence electrons. The van der Waals surface area contributed by atoms with Crippen molar-refractivity contribution in [3.05, 3.63) is 95.8 Å². The van der Waals surface area contributed by atoms with Gasteiger partial charge in [-0.2, -0.15) is 0 Å². The van der Waals surface area contributed by atoms with Gasteiger partial charge in [0, 0.05) is 23.5 Å². The number of nitrogens with one attached hydrogen (secondary N) is 1. The Kier molecular flexibility index (Phi) is 7.86. The van der Waals surface area contributed by atoms with E-state index in [2.05, 4.69) is 4.98 Å². The molecule has 8 heteroatoms. The number of ketones is 1. The number of hydrogen-bond acceptors (Lipinski definition) is 6. The Hall–Kier alpha value is -3.36. The minimum atomic E-state index is -4.00. The molecule has 3 aromatic rings. The molecular formula is C24H24N2O5S. The monoisotopic (exact) mass is 452 g/mol. The molecule has 1 aromatic heterocycles. The van der Waals surface area contributed by atoms with Crippen LogP contribution < -0.4 is 5.48 Å². The van der Waals surface area contributed by atoms with Crippen molar-refractivity contribution in [3.63, 3.8) is 0 Å². The summed E-state index contributed by atoms with van der Waals surface area (Å²) in [4.78, 5) is 28.8. The predicted molar refractivity (Wildman–Crippen MR) is 119 cm³/mol. The lowest BCUT2D eigenvalue weighted by molar-refractivity contribution is -0.132. The molecule has 0 saturated heterocycles. The van der Waals surface area contributed by atoms with E-state index in [4.69, 9.17) is 5.21 Å². The van der Waals surface area contributed by atoms with Gasteiger partial charge in [-0.1, -0.05) is 42.5 Å². The molecule has 3 rings (SSSR count). The van der Waals surface area contributed by atoms with Crippen LogP contribution in [0.1, 0.15) is 34.3 Å². The normalized spacial score (nSPS) is 12.2. The van der Waals surface area contributed by atoms with Gasteiger partial charge in [0.1, 0.15) is 0 Å². The lowest BCUT2D eigenvalue weighted by Gasteiger charge is -2.16. The summed E-state index contributed by atoms with van der Waals surface area (Å²) >= 11 is 0. The average Bonchev–Trinajstić information content (AvgIpc) is 2.83. The number of rotatable bonds is 10. The fourth-order valence-electron chi connectivity index (χ4n) is 3.52. The summed E-state index contributed by atoms with van der Waals surface area (Å²) < 4.78 is 26.5. The van der Waals surface area contributed by atoms with Crippen LogP contribution in [0.15, 0.2) is 84.0 Å². The van der Waals surface area contributed by atoms with Crippen LogP contribution in [-0.4, -0.2) is 36.1 Å². The van der Waals surface area contributed by atoms with Gasteiger partial charge < -0.3 is 0 Å². The van der Waals surface area contributed by atoms with Crippen LogP contribution in [0.5, 0.6) is 0 Å². The van der Waals surface area contributed by atoms with Gasteiger partial charge in [-0.25, -0.2) is 13.9 Å². The smallest absolute Gasteiger partial charge is 0.247 e. The van der Waals surface area contributed by atoms with Crippen LogP contribution in [0.4, 0.5) is 0 Å². The number of hydrogen-bond donors (Lipinski definition) is 2. The molecular weight excluding hydrogens is 428 g/mol. The highest BCUT2D eigenvalue weighted by molar-refractivity contribution is 7.91. The maximum Gasteiger partial charge on any atom is 0.247 e. The van der Waals surface area contributed by atoms with Crippen LogP contribution in [0.25, 0.3) is 0 Å². The van der Waals surface area contributed by atoms with Crippen molar-refractivity contribution >= 4 is 21.5 Å².